The Morgan fingerprint density at radius 3 is 2.42 bits per heavy atom. The van der Waals surface area contributed by atoms with E-state index in [0.717, 1.165) is 4.57 Å². The molecule has 0 unspecified atom stereocenters. The van der Waals surface area contributed by atoms with Gasteiger partial charge in [0.05, 0.1) is 12.1 Å². The number of nitrogens with zero attached hydrogens (tertiary/aromatic N) is 2. The van der Waals surface area contributed by atoms with Crippen LogP contribution in [0, 0.1) is 18.6 Å². The van der Waals surface area contributed by atoms with Crippen LogP contribution in [0.25, 0.3) is 10.2 Å². The molecule has 0 fully saturated rings. The van der Waals surface area contributed by atoms with Crippen LogP contribution in [0.2, 0.25) is 0 Å². The average Bonchev–Trinajstić information content (AvgIpc) is 3.22. The highest BCUT2D eigenvalue weighted by Crippen LogP contribution is 2.18. The van der Waals surface area contributed by atoms with Crippen molar-refractivity contribution in [1.82, 2.24) is 9.13 Å². The smallest absolute Gasteiger partial charge is 0.324 e. The first-order chi connectivity index (χ1) is 14.8. The van der Waals surface area contributed by atoms with Crippen molar-refractivity contribution in [3.63, 3.8) is 0 Å². The molecular formula is C22H17F2N3O3S. The van der Waals surface area contributed by atoms with Gasteiger partial charge in [0.1, 0.15) is 22.9 Å². The van der Waals surface area contributed by atoms with E-state index in [1.165, 1.54) is 58.4 Å². The van der Waals surface area contributed by atoms with Gasteiger partial charge in [-0.05, 0) is 59.8 Å². The van der Waals surface area contributed by atoms with Crippen LogP contribution in [0.4, 0.5) is 14.5 Å². The fourth-order valence-corrected chi connectivity index (χ4v) is 4.14. The molecule has 1 N–H and O–H groups in total. The lowest BCUT2D eigenvalue weighted by Crippen LogP contribution is -2.41. The highest BCUT2D eigenvalue weighted by atomic mass is 32.1. The van der Waals surface area contributed by atoms with Gasteiger partial charge in [-0.3, -0.25) is 18.7 Å². The first-order valence-corrected chi connectivity index (χ1v) is 10.2. The molecule has 0 saturated heterocycles. The summed E-state index contributed by atoms with van der Waals surface area (Å²) >= 11 is 1.17. The highest BCUT2D eigenvalue weighted by molar-refractivity contribution is 7.17. The van der Waals surface area contributed by atoms with Crippen LogP contribution in [0.1, 0.15) is 11.1 Å². The Morgan fingerprint density at radius 2 is 1.71 bits per heavy atom. The number of thiophene rings is 1. The van der Waals surface area contributed by atoms with Crippen molar-refractivity contribution in [1.29, 1.82) is 0 Å². The van der Waals surface area contributed by atoms with Gasteiger partial charge in [-0.2, -0.15) is 0 Å². The lowest BCUT2D eigenvalue weighted by molar-refractivity contribution is -0.116. The molecule has 0 spiro atoms. The van der Waals surface area contributed by atoms with Gasteiger partial charge in [-0.1, -0.05) is 12.1 Å². The van der Waals surface area contributed by atoms with E-state index < -0.39 is 28.8 Å². The summed E-state index contributed by atoms with van der Waals surface area (Å²) in [7, 11) is 0. The number of anilines is 1. The molecule has 0 bridgehead atoms. The van der Waals surface area contributed by atoms with Crippen molar-refractivity contribution in [2.75, 3.05) is 5.32 Å². The number of aromatic nitrogens is 2. The van der Waals surface area contributed by atoms with Crippen LogP contribution in [-0.4, -0.2) is 15.0 Å². The molecule has 6 nitrogen and oxygen atoms in total. The van der Waals surface area contributed by atoms with Crippen molar-refractivity contribution in [3.05, 3.63) is 97.5 Å². The van der Waals surface area contributed by atoms with E-state index in [2.05, 4.69) is 5.32 Å². The number of carbonyl (C=O) groups is 1. The fraction of sp³-hybridized carbons (Fsp3) is 0.136. The van der Waals surface area contributed by atoms with Gasteiger partial charge < -0.3 is 5.32 Å². The summed E-state index contributed by atoms with van der Waals surface area (Å²) in [5.41, 5.74) is 0.802. The van der Waals surface area contributed by atoms with Gasteiger partial charge >= 0.3 is 5.69 Å². The SMILES string of the molecule is Cc1cc(F)ccc1NC(=O)Cn1c(=O)n(Cc2ccc(F)cc2)c(=O)c2sccc21. The van der Waals surface area contributed by atoms with Crippen molar-refractivity contribution < 1.29 is 13.6 Å². The van der Waals surface area contributed by atoms with Crippen LogP contribution in [0.5, 0.6) is 0 Å². The summed E-state index contributed by atoms with van der Waals surface area (Å²) in [5, 5.41) is 4.34. The molecule has 31 heavy (non-hydrogen) atoms. The monoisotopic (exact) mass is 441 g/mol. The Morgan fingerprint density at radius 1 is 1.00 bits per heavy atom. The number of rotatable bonds is 5. The molecule has 0 aliphatic carbocycles. The predicted molar refractivity (Wildman–Crippen MR) is 116 cm³/mol. The molecule has 0 radical (unpaired) electrons. The second kappa shape index (κ2) is 8.27. The molecule has 158 valence electrons. The van der Waals surface area contributed by atoms with Gasteiger partial charge in [0.2, 0.25) is 5.91 Å². The van der Waals surface area contributed by atoms with Gasteiger partial charge in [-0.15, -0.1) is 11.3 Å². The van der Waals surface area contributed by atoms with Crippen molar-refractivity contribution in [3.8, 4) is 0 Å². The second-order valence-corrected chi connectivity index (χ2v) is 7.94. The minimum absolute atomic E-state index is 0.0511. The molecule has 4 aromatic rings. The topological polar surface area (TPSA) is 73.1 Å². The van der Waals surface area contributed by atoms with E-state index in [4.69, 9.17) is 0 Å². The first kappa shape index (κ1) is 20.7. The van der Waals surface area contributed by atoms with Gasteiger partial charge in [0, 0.05) is 5.69 Å². The third-order valence-electron chi connectivity index (χ3n) is 4.85. The number of hydrogen-bond donors (Lipinski definition) is 1. The Bertz CT molecular complexity index is 1400. The molecule has 1 amide bonds. The summed E-state index contributed by atoms with van der Waals surface area (Å²) in [6, 6.07) is 11.1. The van der Waals surface area contributed by atoms with E-state index in [-0.39, 0.29) is 13.1 Å². The molecular weight excluding hydrogens is 424 g/mol. The Labute approximate surface area is 179 Å². The van der Waals surface area contributed by atoms with Crippen LogP contribution >= 0.6 is 11.3 Å². The normalized spacial score (nSPS) is 11.1. The summed E-state index contributed by atoms with van der Waals surface area (Å²) in [5.74, 6) is -1.33. The lowest BCUT2D eigenvalue weighted by Gasteiger charge is -2.13. The summed E-state index contributed by atoms with van der Waals surface area (Å²) in [4.78, 5) is 38.6. The summed E-state index contributed by atoms with van der Waals surface area (Å²) in [6.45, 7) is 1.28. The molecule has 2 aromatic heterocycles. The van der Waals surface area contributed by atoms with Gasteiger partial charge in [-0.25, -0.2) is 13.6 Å². The Hall–Kier alpha value is -3.59. The molecule has 0 aliphatic rings. The second-order valence-electron chi connectivity index (χ2n) is 7.03. The number of aryl methyl sites for hydroxylation is 1. The maximum atomic E-state index is 13.3. The zero-order valence-corrected chi connectivity index (χ0v) is 17.2. The average molecular weight is 441 g/mol. The third-order valence-corrected chi connectivity index (χ3v) is 5.75. The number of amides is 1. The number of benzene rings is 2. The zero-order valence-electron chi connectivity index (χ0n) is 16.4. The fourth-order valence-electron chi connectivity index (χ4n) is 3.30. The number of nitrogens with one attached hydrogen (secondary N) is 1. The number of carbonyl (C=O) groups excluding carboxylic acids is 1. The molecule has 4 rings (SSSR count). The Kier molecular flexibility index (Phi) is 5.51. The maximum absolute atomic E-state index is 13.3. The molecule has 2 heterocycles. The molecule has 0 saturated carbocycles. The summed E-state index contributed by atoms with van der Waals surface area (Å²) < 4.78 is 29.1. The quantitative estimate of drug-likeness (QED) is 0.515. The largest absolute Gasteiger partial charge is 0.332 e. The van der Waals surface area contributed by atoms with E-state index in [1.807, 2.05) is 0 Å². The molecule has 0 atom stereocenters. The van der Waals surface area contributed by atoms with Gasteiger partial charge in [0.25, 0.3) is 5.56 Å². The number of halogens is 2. The van der Waals surface area contributed by atoms with Crippen molar-refractivity contribution >= 4 is 33.1 Å². The first-order valence-electron chi connectivity index (χ1n) is 9.35. The highest BCUT2D eigenvalue weighted by Gasteiger charge is 2.17. The lowest BCUT2D eigenvalue weighted by atomic mass is 10.2. The predicted octanol–water partition coefficient (Wildman–Crippen LogP) is 3.50. The minimum Gasteiger partial charge on any atom is -0.324 e. The van der Waals surface area contributed by atoms with Gasteiger partial charge in [0.15, 0.2) is 0 Å². The summed E-state index contributed by atoms with van der Waals surface area (Å²) in [6.07, 6.45) is 0. The molecule has 0 aliphatic heterocycles. The van der Waals surface area contributed by atoms with Crippen molar-refractivity contribution in [2.24, 2.45) is 0 Å². The number of fused-ring (bicyclic) bond motifs is 1. The van der Waals surface area contributed by atoms with E-state index >= 15 is 0 Å². The van der Waals surface area contributed by atoms with E-state index in [0.29, 0.717) is 27.0 Å². The van der Waals surface area contributed by atoms with E-state index in [1.54, 1.807) is 18.4 Å². The Balaban J connectivity index is 1.71. The van der Waals surface area contributed by atoms with Crippen molar-refractivity contribution in [2.45, 2.75) is 20.0 Å². The minimum atomic E-state index is -0.647. The van der Waals surface area contributed by atoms with E-state index in [9.17, 15) is 23.2 Å². The zero-order chi connectivity index (χ0) is 22.1. The number of hydrogen-bond acceptors (Lipinski definition) is 4. The molecule has 9 heteroatoms. The van der Waals surface area contributed by atoms with Crippen LogP contribution in [-0.2, 0) is 17.9 Å². The molecule has 2 aromatic carbocycles. The maximum Gasteiger partial charge on any atom is 0.332 e. The van der Waals surface area contributed by atoms with Crippen LogP contribution in [0.15, 0.2) is 63.5 Å². The van der Waals surface area contributed by atoms with Crippen LogP contribution in [0.3, 0.4) is 0 Å². The third kappa shape index (κ3) is 4.17. The van der Waals surface area contributed by atoms with Crippen LogP contribution < -0.4 is 16.6 Å². The standard InChI is InChI=1S/C22H17F2N3O3S/c1-13-10-16(24)6-7-17(13)25-19(28)12-26-18-8-9-31-20(18)21(29)27(22(26)30)11-14-2-4-15(23)5-3-14/h2-10H,11-12H2,1H3,(H,25,28).